The molecule has 0 aliphatic heterocycles. The SMILES string of the molecule is CCC(N)C(OC1CCCC(OC)C1)c1cccc(F)c1. The number of nitrogens with two attached hydrogens (primary N) is 1. The number of ether oxygens (including phenoxy) is 2. The van der Waals surface area contributed by atoms with E-state index in [0.717, 1.165) is 37.7 Å². The fourth-order valence-corrected chi connectivity index (χ4v) is 2.97. The van der Waals surface area contributed by atoms with Crippen molar-refractivity contribution in [1.82, 2.24) is 0 Å². The summed E-state index contributed by atoms with van der Waals surface area (Å²) in [4.78, 5) is 0. The normalized spacial score (nSPS) is 25.5. The van der Waals surface area contributed by atoms with Gasteiger partial charge in [-0.1, -0.05) is 19.1 Å². The van der Waals surface area contributed by atoms with Crippen LogP contribution in [0.2, 0.25) is 0 Å². The van der Waals surface area contributed by atoms with Gasteiger partial charge in [-0.2, -0.15) is 0 Å². The van der Waals surface area contributed by atoms with Crippen LogP contribution in [0.25, 0.3) is 0 Å². The molecule has 0 bridgehead atoms. The second-order valence-corrected chi connectivity index (χ2v) is 5.83. The zero-order chi connectivity index (χ0) is 15.2. The highest BCUT2D eigenvalue weighted by Gasteiger charge is 2.28. The zero-order valence-corrected chi connectivity index (χ0v) is 12.9. The number of hydrogen-bond donors (Lipinski definition) is 1. The fourth-order valence-electron chi connectivity index (χ4n) is 2.97. The fraction of sp³-hybridized carbons (Fsp3) is 0.647. The molecule has 4 unspecified atom stereocenters. The zero-order valence-electron chi connectivity index (χ0n) is 12.9. The summed E-state index contributed by atoms with van der Waals surface area (Å²) in [5.41, 5.74) is 7.03. The lowest BCUT2D eigenvalue weighted by Crippen LogP contribution is -2.35. The molecule has 0 heterocycles. The van der Waals surface area contributed by atoms with Crippen molar-refractivity contribution in [2.75, 3.05) is 7.11 Å². The maximum atomic E-state index is 13.5. The summed E-state index contributed by atoms with van der Waals surface area (Å²) in [6.45, 7) is 2.03. The van der Waals surface area contributed by atoms with Gasteiger partial charge >= 0.3 is 0 Å². The molecule has 118 valence electrons. The Morgan fingerprint density at radius 1 is 1.33 bits per heavy atom. The number of rotatable bonds is 6. The van der Waals surface area contributed by atoms with Gasteiger partial charge in [0.1, 0.15) is 5.82 Å². The molecule has 0 spiro atoms. The van der Waals surface area contributed by atoms with Crippen molar-refractivity contribution in [3.63, 3.8) is 0 Å². The first kappa shape index (κ1) is 16.4. The van der Waals surface area contributed by atoms with Crippen LogP contribution in [0.3, 0.4) is 0 Å². The van der Waals surface area contributed by atoms with Crippen molar-refractivity contribution >= 4 is 0 Å². The maximum absolute atomic E-state index is 13.5. The van der Waals surface area contributed by atoms with Crippen molar-refractivity contribution in [2.45, 2.75) is 63.4 Å². The summed E-state index contributed by atoms with van der Waals surface area (Å²) in [6, 6.07) is 6.44. The van der Waals surface area contributed by atoms with Crippen LogP contribution in [0, 0.1) is 5.82 Å². The molecule has 0 amide bonds. The molecular weight excluding hydrogens is 269 g/mol. The molecular formula is C17H26FNO2. The molecule has 1 aliphatic rings. The van der Waals surface area contributed by atoms with Crippen molar-refractivity contribution < 1.29 is 13.9 Å². The molecule has 1 aromatic rings. The number of methoxy groups -OCH3 is 1. The number of benzene rings is 1. The molecule has 0 radical (unpaired) electrons. The van der Waals surface area contributed by atoms with E-state index in [0.29, 0.717) is 0 Å². The summed E-state index contributed by atoms with van der Waals surface area (Å²) >= 11 is 0. The molecule has 1 aliphatic carbocycles. The lowest BCUT2D eigenvalue weighted by Gasteiger charge is -2.33. The summed E-state index contributed by atoms with van der Waals surface area (Å²) in [5.74, 6) is -0.247. The van der Waals surface area contributed by atoms with Crippen LogP contribution in [0.15, 0.2) is 24.3 Å². The minimum atomic E-state index is -0.258. The Kier molecular flexibility index (Phi) is 6.15. The summed E-state index contributed by atoms with van der Waals surface area (Å²) in [5, 5.41) is 0. The Hall–Kier alpha value is -0.970. The molecule has 21 heavy (non-hydrogen) atoms. The molecule has 1 fully saturated rings. The van der Waals surface area contributed by atoms with E-state index >= 15 is 0 Å². The summed E-state index contributed by atoms with van der Waals surface area (Å²) in [7, 11) is 1.74. The van der Waals surface area contributed by atoms with Gasteiger partial charge in [-0.15, -0.1) is 0 Å². The smallest absolute Gasteiger partial charge is 0.123 e. The first-order chi connectivity index (χ1) is 10.1. The largest absolute Gasteiger partial charge is 0.381 e. The summed E-state index contributed by atoms with van der Waals surface area (Å²) in [6.07, 6.45) is 5.01. The second kappa shape index (κ2) is 7.87. The highest BCUT2D eigenvalue weighted by molar-refractivity contribution is 5.20. The minimum absolute atomic E-state index is 0.130. The number of halogens is 1. The van der Waals surface area contributed by atoms with Crippen molar-refractivity contribution in [2.24, 2.45) is 5.73 Å². The molecule has 2 N–H and O–H groups in total. The van der Waals surface area contributed by atoms with Crippen LogP contribution in [0.1, 0.15) is 50.7 Å². The standard InChI is InChI=1S/C17H26FNO2/c1-3-16(19)17(12-6-4-7-13(18)10-12)21-15-9-5-8-14(11-15)20-2/h4,6-7,10,14-17H,3,5,8-9,11,19H2,1-2H3. The lowest BCUT2D eigenvalue weighted by molar-refractivity contribution is -0.0746. The van der Waals surface area contributed by atoms with E-state index in [1.165, 1.54) is 12.1 Å². The molecule has 2 rings (SSSR count). The van der Waals surface area contributed by atoms with Gasteiger partial charge in [-0.05, 0) is 49.8 Å². The highest BCUT2D eigenvalue weighted by atomic mass is 19.1. The Bertz CT molecular complexity index is 441. The van der Waals surface area contributed by atoms with Crippen LogP contribution in [0.5, 0.6) is 0 Å². The van der Waals surface area contributed by atoms with E-state index < -0.39 is 0 Å². The molecule has 4 heteroatoms. The van der Waals surface area contributed by atoms with Gasteiger partial charge in [-0.3, -0.25) is 0 Å². The van der Waals surface area contributed by atoms with E-state index in [1.54, 1.807) is 13.2 Å². The molecule has 1 aromatic carbocycles. The van der Waals surface area contributed by atoms with Gasteiger partial charge in [0, 0.05) is 13.2 Å². The highest BCUT2D eigenvalue weighted by Crippen LogP contribution is 2.30. The average Bonchev–Trinajstić information content (AvgIpc) is 2.52. The van der Waals surface area contributed by atoms with Gasteiger partial charge in [0.15, 0.2) is 0 Å². The monoisotopic (exact) mass is 295 g/mol. The van der Waals surface area contributed by atoms with Crippen LogP contribution in [-0.4, -0.2) is 25.4 Å². The van der Waals surface area contributed by atoms with Gasteiger partial charge in [-0.25, -0.2) is 4.39 Å². The van der Waals surface area contributed by atoms with Crippen LogP contribution >= 0.6 is 0 Å². The first-order valence-corrected chi connectivity index (χ1v) is 7.83. The third kappa shape index (κ3) is 4.50. The Morgan fingerprint density at radius 2 is 2.10 bits per heavy atom. The molecule has 0 aromatic heterocycles. The minimum Gasteiger partial charge on any atom is -0.381 e. The Morgan fingerprint density at radius 3 is 2.76 bits per heavy atom. The Labute approximate surface area is 126 Å². The third-order valence-electron chi connectivity index (χ3n) is 4.29. The van der Waals surface area contributed by atoms with Gasteiger partial charge < -0.3 is 15.2 Å². The van der Waals surface area contributed by atoms with Crippen LogP contribution in [0.4, 0.5) is 4.39 Å². The quantitative estimate of drug-likeness (QED) is 0.872. The van der Waals surface area contributed by atoms with Crippen LogP contribution < -0.4 is 5.73 Å². The average molecular weight is 295 g/mol. The van der Waals surface area contributed by atoms with E-state index in [1.807, 2.05) is 13.0 Å². The van der Waals surface area contributed by atoms with Gasteiger partial charge in [0.05, 0.1) is 18.3 Å². The predicted octanol–water partition coefficient (Wildman–Crippen LogP) is 3.58. The Balaban J connectivity index is 2.09. The maximum Gasteiger partial charge on any atom is 0.123 e. The topological polar surface area (TPSA) is 44.5 Å². The second-order valence-electron chi connectivity index (χ2n) is 5.83. The van der Waals surface area contributed by atoms with E-state index in [2.05, 4.69) is 0 Å². The van der Waals surface area contributed by atoms with Crippen molar-refractivity contribution in [1.29, 1.82) is 0 Å². The van der Waals surface area contributed by atoms with Gasteiger partial charge in [0.25, 0.3) is 0 Å². The van der Waals surface area contributed by atoms with Crippen molar-refractivity contribution in [3.05, 3.63) is 35.6 Å². The molecule has 3 nitrogen and oxygen atoms in total. The van der Waals surface area contributed by atoms with E-state index in [-0.39, 0.29) is 30.2 Å². The molecule has 0 saturated heterocycles. The predicted molar refractivity (Wildman–Crippen MR) is 81.5 cm³/mol. The van der Waals surface area contributed by atoms with Crippen molar-refractivity contribution in [3.8, 4) is 0 Å². The van der Waals surface area contributed by atoms with Crippen LogP contribution in [-0.2, 0) is 9.47 Å². The van der Waals surface area contributed by atoms with E-state index in [4.69, 9.17) is 15.2 Å². The third-order valence-corrected chi connectivity index (χ3v) is 4.29. The first-order valence-electron chi connectivity index (χ1n) is 7.83. The van der Waals surface area contributed by atoms with E-state index in [9.17, 15) is 4.39 Å². The van der Waals surface area contributed by atoms with Gasteiger partial charge in [0.2, 0.25) is 0 Å². The molecule has 1 saturated carbocycles. The molecule has 4 atom stereocenters. The summed E-state index contributed by atoms with van der Waals surface area (Å²) < 4.78 is 25.2. The lowest BCUT2D eigenvalue weighted by atomic mass is 9.93. The number of hydrogen-bond acceptors (Lipinski definition) is 3.